The van der Waals surface area contributed by atoms with Crippen LogP contribution >= 0.6 is 0 Å². The molecule has 21 heavy (non-hydrogen) atoms. The summed E-state index contributed by atoms with van der Waals surface area (Å²) in [6, 6.07) is 7.50. The minimum absolute atomic E-state index is 0.627. The molecule has 0 saturated carbocycles. The van der Waals surface area contributed by atoms with Gasteiger partial charge in [-0.25, -0.2) is 0 Å². The molecule has 2 atom stereocenters. The molecule has 2 unspecified atom stereocenters. The van der Waals surface area contributed by atoms with Gasteiger partial charge >= 0.3 is 0 Å². The van der Waals surface area contributed by atoms with Crippen LogP contribution in [0.5, 0.6) is 0 Å². The maximum atomic E-state index is 3.82. The van der Waals surface area contributed by atoms with Crippen LogP contribution in [-0.2, 0) is 6.42 Å². The molecule has 1 N–H and O–H groups in total. The van der Waals surface area contributed by atoms with Crippen LogP contribution in [0.3, 0.4) is 0 Å². The van der Waals surface area contributed by atoms with E-state index in [0.29, 0.717) is 6.04 Å². The second-order valence-electron chi connectivity index (χ2n) is 6.51. The van der Waals surface area contributed by atoms with E-state index >= 15 is 0 Å². The van der Waals surface area contributed by atoms with Crippen molar-refractivity contribution in [2.45, 2.75) is 79.2 Å². The topological polar surface area (TPSA) is 12.0 Å². The smallest absolute Gasteiger partial charge is 0.0136 e. The average molecular weight is 290 g/mol. The summed E-state index contributed by atoms with van der Waals surface area (Å²) >= 11 is 0. The number of benzene rings is 1. The Labute approximate surface area is 132 Å². The van der Waals surface area contributed by atoms with Crippen LogP contribution in [0.4, 0.5) is 0 Å². The van der Waals surface area contributed by atoms with Gasteiger partial charge in [-0.05, 0) is 56.7 Å². The summed E-state index contributed by atoms with van der Waals surface area (Å²) in [4.78, 5) is 0. The maximum Gasteiger partial charge on any atom is 0.0136 e. The fourth-order valence-corrected chi connectivity index (χ4v) is 3.15. The highest BCUT2D eigenvalue weighted by Gasteiger charge is 2.20. The summed E-state index contributed by atoms with van der Waals surface area (Å²) in [5.41, 5.74) is 4.35. The van der Waals surface area contributed by atoms with Crippen LogP contribution in [0.25, 0.3) is 0 Å². The summed E-state index contributed by atoms with van der Waals surface area (Å²) in [5.74, 6) is 0.802. The Bertz CT molecular complexity index is 397. The second-order valence-corrected chi connectivity index (χ2v) is 6.51. The highest BCUT2D eigenvalue weighted by molar-refractivity contribution is 5.31. The van der Waals surface area contributed by atoms with Gasteiger partial charge in [-0.2, -0.15) is 0 Å². The first kappa shape index (κ1) is 18.2. The van der Waals surface area contributed by atoms with Gasteiger partial charge in [0.15, 0.2) is 0 Å². The van der Waals surface area contributed by atoms with Crippen molar-refractivity contribution in [1.29, 1.82) is 0 Å². The first-order valence-corrected chi connectivity index (χ1v) is 8.91. The summed E-state index contributed by atoms with van der Waals surface area (Å²) < 4.78 is 0. The monoisotopic (exact) mass is 289 g/mol. The highest BCUT2D eigenvalue weighted by atomic mass is 14.9. The molecule has 0 saturated heterocycles. The predicted molar refractivity (Wildman–Crippen MR) is 95.0 cm³/mol. The lowest BCUT2D eigenvalue weighted by Crippen LogP contribution is -2.38. The molecule has 1 rings (SSSR count). The zero-order valence-corrected chi connectivity index (χ0v) is 14.8. The molecule has 0 aliphatic rings. The van der Waals surface area contributed by atoms with Crippen LogP contribution < -0.4 is 5.32 Å². The SMILES string of the molecule is CCCCC(CC)C(Cc1cc(C)ccc1C)NCCC. The van der Waals surface area contributed by atoms with Gasteiger partial charge in [-0.1, -0.05) is 63.8 Å². The molecule has 0 fully saturated rings. The Morgan fingerprint density at radius 1 is 1.05 bits per heavy atom. The normalized spacial score (nSPS) is 14.1. The van der Waals surface area contributed by atoms with E-state index in [-0.39, 0.29) is 0 Å². The number of hydrogen-bond acceptors (Lipinski definition) is 1. The first-order valence-electron chi connectivity index (χ1n) is 8.91. The minimum atomic E-state index is 0.627. The van der Waals surface area contributed by atoms with Crippen molar-refractivity contribution < 1.29 is 0 Å². The van der Waals surface area contributed by atoms with Gasteiger partial charge in [0.1, 0.15) is 0 Å². The largest absolute Gasteiger partial charge is 0.313 e. The molecule has 0 aliphatic carbocycles. The Hall–Kier alpha value is -0.820. The van der Waals surface area contributed by atoms with Crippen molar-refractivity contribution in [1.82, 2.24) is 5.32 Å². The zero-order chi connectivity index (χ0) is 15.7. The van der Waals surface area contributed by atoms with E-state index in [1.54, 1.807) is 0 Å². The average Bonchev–Trinajstić information content (AvgIpc) is 2.48. The van der Waals surface area contributed by atoms with Gasteiger partial charge in [0.25, 0.3) is 0 Å². The van der Waals surface area contributed by atoms with Crippen molar-refractivity contribution in [2.24, 2.45) is 5.92 Å². The van der Waals surface area contributed by atoms with E-state index in [0.717, 1.165) is 12.5 Å². The van der Waals surface area contributed by atoms with E-state index in [1.807, 2.05) is 0 Å². The summed E-state index contributed by atoms with van der Waals surface area (Å²) in [6.45, 7) is 12.5. The number of rotatable bonds is 10. The number of unbranched alkanes of at least 4 members (excludes halogenated alkanes) is 1. The fraction of sp³-hybridized carbons (Fsp3) is 0.700. The molecule has 0 aromatic heterocycles. The van der Waals surface area contributed by atoms with Gasteiger partial charge in [0, 0.05) is 6.04 Å². The van der Waals surface area contributed by atoms with Crippen LogP contribution in [0.15, 0.2) is 18.2 Å². The van der Waals surface area contributed by atoms with E-state index in [4.69, 9.17) is 0 Å². The van der Waals surface area contributed by atoms with Crippen LogP contribution in [-0.4, -0.2) is 12.6 Å². The van der Waals surface area contributed by atoms with Gasteiger partial charge in [0.2, 0.25) is 0 Å². The molecule has 0 heterocycles. The van der Waals surface area contributed by atoms with Crippen molar-refractivity contribution in [2.75, 3.05) is 6.54 Å². The van der Waals surface area contributed by atoms with Gasteiger partial charge in [-0.3, -0.25) is 0 Å². The van der Waals surface area contributed by atoms with E-state index < -0.39 is 0 Å². The molecule has 0 aliphatic heterocycles. The third-order valence-electron chi connectivity index (χ3n) is 4.62. The van der Waals surface area contributed by atoms with E-state index in [1.165, 1.54) is 55.2 Å². The number of hydrogen-bond donors (Lipinski definition) is 1. The van der Waals surface area contributed by atoms with Crippen molar-refractivity contribution >= 4 is 0 Å². The zero-order valence-electron chi connectivity index (χ0n) is 14.8. The second kappa shape index (κ2) is 10.00. The lowest BCUT2D eigenvalue weighted by molar-refractivity contribution is 0.315. The van der Waals surface area contributed by atoms with E-state index in [2.05, 4.69) is 58.1 Å². The summed E-state index contributed by atoms with van der Waals surface area (Å²) in [5, 5.41) is 3.82. The lowest BCUT2D eigenvalue weighted by atomic mass is 9.86. The van der Waals surface area contributed by atoms with Crippen LogP contribution in [0.1, 0.15) is 69.6 Å². The predicted octanol–water partition coefficient (Wildman–Crippen LogP) is 5.43. The molecule has 0 amide bonds. The van der Waals surface area contributed by atoms with Crippen LogP contribution in [0, 0.1) is 19.8 Å². The molecule has 0 radical (unpaired) electrons. The minimum Gasteiger partial charge on any atom is -0.313 e. The van der Waals surface area contributed by atoms with E-state index in [9.17, 15) is 0 Å². The standard InChI is InChI=1S/C20H35N/c1-6-9-10-18(8-3)20(21-13-7-2)15-19-14-16(4)11-12-17(19)5/h11-12,14,18,20-21H,6-10,13,15H2,1-5H3. The molecule has 0 spiro atoms. The molecule has 1 aromatic carbocycles. The van der Waals surface area contributed by atoms with Crippen molar-refractivity contribution in [3.05, 3.63) is 34.9 Å². The van der Waals surface area contributed by atoms with Gasteiger partial charge in [-0.15, -0.1) is 0 Å². The Morgan fingerprint density at radius 2 is 1.81 bits per heavy atom. The molecule has 1 heteroatoms. The fourth-order valence-electron chi connectivity index (χ4n) is 3.15. The Kier molecular flexibility index (Phi) is 8.68. The van der Waals surface area contributed by atoms with Crippen LogP contribution in [0.2, 0.25) is 0 Å². The molecule has 1 nitrogen and oxygen atoms in total. The lowest BCUT2D eigenvalue weighted by Gasteiger charge is -2.28. The van der Waals surface area contributed by atoms with Gasteiger partial charge < -0.3 is 5.32 Å². The molecule has 1 aromatic rings. The third-order valence-corrected chi connectivity index (χ3v) is 4.62. The summed E-state index contributed by atoms with van der Waals surface area (Å²) in [7, 11) is 0. The Balaban J connectivity index is 2.82. The highest BCUT2D eigenvalue weighted by Crippen LogP contribution is 2.22. The quantitative estimate of drug-likeness (QED) is 0.605. The van der Waals surface area contributed by atoms with Crippen molar-refractivity contribution in [3.8, 4) is 0 Å². The molecule has 120 valence electrons. The number of nitrogens with one attached hydrogen (secondary N) is 1. The van der Waals surface area contributed by atoms with Crippen molar-refractivity contribution in [3.63, 3.8) is 0 Å². The maximum absolute atomic E-state index is 3.82. The third kappa shape index (κ3) is 6.22. The summed E-state index contributed by atoms with van der Waals surface area (Å²) in [6.07, 6.45) is 7.70. The van der Waals surface area contributed by atoms with Gasteiger partial charge in [0.05, 0.1) is 0 Å². The first-order chi connectivity index (χ1) is 10.1. The molecular weight excluding hydrogens is 254 g/mol. The Morgan fingerprint density at radius 3 is 2.43 bits per heavy atom. The molecule has 0 bridgehead atoms. The number of aryl methyl sites for hydroxylation is 2. The molecular formula is C20H35N.